The normalized spacial score (nSPS) is 21.2. The molecule has 0 aliphatic carbocycles. The lowest BCUT2D eigenvalue weighted by Crippen LogP contribution is -2.56. The number of likely N-dealkylation sites (N-methyl/N-ethyl adjacent to an activating group) is 1. The van der Waals surface area contributed by atoms with E-state index in [2.05, 4.69) is 39.2 Å². The molecule has 2 aromatic rings. The van der Waals surface area contributed by atoms with Crippen LogP contribution in [0.25, 0.3) is 4.85 Å². The summed E-state index contributed by atoms with van der Waals surface area (Å²) >= 11 is 0. The fraction of sp³-hybridized carbons (Fsp3) is 0.483. The average Bonchev–Trinajstić information content (AvgIpc) is 3.39. The van der Waals surface area contributed by atoms with Gasteiger partial charge in [-0.25, -0.2) is 6.57 Å². The molecule has 0 N–H and O–H groups in total. The Labute approximate surface area is 229 Å². The molecule has 1 unspecified atom stereocenters. The van der Waals surface area contributed by atoms with Crippen molar-refractivity contribution in [1.29, 1.82) is 5.26 Å². The number of fused-ring (bicyclic) bond motifs is 1. The molecule has 2 saturated heterocycles. The van der Waals surface area contributed by atoms with Gasteiger partial charge in [-0.3, -0.25) is 4.79 Å². The third-order valence-electron chi connectivity index (χ3n) is 8.01. The maximum absolute atomic E-state index is 12.5. The molecular weight excluding hydrogens is 492 g/mol. The Bertz CT molecular complexity index is 1320. The lowest BCUT2D eigenvalue weighted by molar-refractivity contribution is -0.128. The third kappa shape index (κ3) is 5.52. The van der Waals surface area contributed by atoms with Crippen molar-refractivity contribution in [1.82, 2.24) is 19.8 Å². The summed E-state index contributed by atoms with van der Waals surface area (Å²) in [4.78, 5) is 34.2. The number of rotatable bonds is 7. The van der Waals surface area contributed by atoms with Gasteiger partial charge in [-0.1, -0.05) is 18.7 Å². The van der Waals surface area contributed by atoms with E-state index in [-0.39, 0.29) is 18.5 Å². The molecule has 10 nitrogen and oxygen atoms in total. The zero-order valence-electron chi connectivity index (χ0n) is 22.4. The Balaban J connectivity index is 1.46. The number of benzene rings is 1. The van der Waals surface area contributed by atoms with Gasteiger partial charge in [0.15, 0.2) is 0 Å². The molecule has 202 valence electrons. The van der Waals surface area contributed by atoms with Gasteiger partial charge in [-0.15, -0.1) is 0 Å². The second-order valence-corrected chi connectivity index (χ2v) is 10.3. The molecule has 3 aliphatic heterocycles. The molecule has 10 heteroatoms. The van der Waals surface area contributed by atoms with Crippen molar-refractivity contribution in [2.45, 2.75) is 37.9 Å². The Kier molecular flexibility index (Phi) is 7.94. The summed E-state index contributed by atoms with van der Waals surface area (Å²) in [6.45, 7) is 15.8. The van der Waals surface area contributed by atoms with Crippen LogP contribution in [0.5, 0.6) is 6.01 Å². The Morgan fingerprint density at radius 2 is 2.08 bits per heavy atom. The molecule has 2 atom stereocenters. The van der Waals surface area contributed by atoms with Crippen molar-refractivity contribution in [2.24, 2.45) is 0 Å². The second kappa shape index (κ2) is 11.7. The smallest absolute Gasteiger partial charge is 0.318 e. The average molecular weight is 527 g/mol. The van der Waals surface area contributed by atoms with Gasteiger partial charge in [0.2, 0.25) is 12.5 Å². The van der Waals surface area contributed by atoms with Crippen LogP contribution < -0.4 is 14.5 Å². The van der Waals surface area contributed by atoms with Crippen molar-refractivity contribution in [3.63, 3.8) is 0 Å². The topological polar surface area (TPSA) is 93.2 Å². The van der Waals surface area contributed by atoms with Crippen LogP contribution in [0, 0.1) is 17.9 Å². The number of hydrogen-bond acceptors (Lipinski definition) is 8. The number of piperazine rings is 1. The Morgan fingerprint density at radius 3 is 2.82 bits per heavy atom. The number of likely N-dealkylation sites (tertiary alicyclic amines) is 1. The summed E-state index contributed by atoms with van der Waals surface area (Å²) in [6, 6.07) is 10.4. The van der Waals surface area contributed by atoms with Gasteiger partial charge in [-0.2, -0.15) is 15.2 Å². The zero-order valence-corrected chi connectivity index (χ0v) is 22.4. The summed E-state index contributed by atoms with van der Waals surface area (Å²) < 4.78 is 6.21. The van der Waals surface area contributed by atoms with E-state index in [1.165, 1.54) is 6.08 Å². The van der Waals surface area contributed by atoms with E-state index in [4.69, 9.17) is 21.3 Å². The van der Waals surface area contributed by atoms with Crippen molar-refractivity contribution >= 4 is 17.4 Å². The standard InChI is InChI=1S/C29H34N8O2/c1-4-27(38)37-15-14-36(18-23(37)17-31-2)28-24-11-13-35(26-10-6-5-8-21(26)16-30)19-25(24)32-29(33-28)39-20-22-9-7-12-34(22)3/h4-6,8,10,22-23H,1,7,9,11-15,17-20H2,3H3/t22-,23?/m0/s1. The van der Waals surface area contributed by atoms with E-state index in [1.807, 2.05) is 24.3 Å². The monoisotopic (exact) mass is 526 g/mol. The first-order chi connectivity index (χ1) is 19.0. The summed E-state index contributed by atoms with van der Waals surface area (Å²) in [5.74, 6) is 0.674. The predicted octanol–water partition coefficient (Wildman–Crippen LogP) is 2.51. The number of carbonyl (C=O) groups is 1. The number of carbonyl (C=O) groups excluding carboxylic acids is 1. The summed E-state index contributed by atoms with van der Waals surface area (Å²) in [5.41, 5.74) is 3.49. The number of para-hydroxylation sites is 1. The van der Waals surface area contributed by atoms with Crippen LogP contribution in [0.2, 0.25) is 0 Å². The van der Waals surface area contributed by atoms with E-state index in [9.17, 15) is 10.1 Å². The first-order valence-corrected chi connectivity index (χ1v) is 13.5. The van der Waals surface area contributed by atoms with Crippen molar-refractivity contribution < 1.29 is 9.53 Å². The van der Waals surface area contributed by atoms with Crippen LogP contribution in [-0.2, 0) is 17.8 Å². The quantitative estimate of drug-likeness (QED) is 0.401. The van der Waals surface area contributed by atoms with E-state index in [1.54, 1.807) is 4.90 Å². The minimum Gasteiger partial charge on any atom is -0.462 e. The zero-order chi connectivity index (χ0) is 27.4. The highest BCUT2D eigenvalue weighted by Crippen LogP contribution is 2.33. The Morgan fingerprint density at radius 1 is 1.23 bits per heavy atom. The number of aromatic nitrogens is 2. The highest BCUT2D eigenvalue weighted by atomic mass is 16.5. The second-order valence-electron chi connectivity index (χ2n) is 10.3. The van der Waals surface area contributed by atoms with Crippen LogP contribution in [0.1, 0.15) is 29.7 Å². The van der Waals surface area contributed by atoms with Crippen molar-refractivity contribution in [3.8, 4) is 12.1 Å². The molecule has 5 rings (SSSR count). The van der Waals surface area contributed by atoms with Crippen LogP contribution >= 0.6 is 0 Å². The number of amides is 1. The van der Waals surface area contributed by atoms with Gasteiger partial charge in [-0.05, 0) is 51.1 Å². The highest BCUT2D eigenvalue weighted by molar-refractivity contribution is 5.87. The first-order valence-electron chi connectivity index (χ1n) is 13.5. The van der Waals surface area contributed by atoms with Gasteiger partial charge < -0.3 is 29.2 Å². The fourth-order valence-corrected chi connectivity index (χ4v) is 5.84. The minimum atomic E-state index is -0.244. The number of ether oxygens (including phenoxy) is 1. The van der Waals surface area contributed by atoms with Crippen LogP contribution in [0.15, 0.2) is 36.9 Å². The van der Waals surface area contributed by atoms with Gasteiger partial charge >= 0.3 is 6.01 Å². The van der Waals surface area contributed by atoms with E-state index in [0.717, 1.165) is 55.1 Å². The molecule has 4 heterocycles. The molecule has 1 amide bonds. The van der Waals surface area contributed by atoms with Crippen molar-refractivity contribution in [2.75, 3.05) is 62.7 Å². The molecule has 0 spiro atoms. The first kappa shape index (κ1) is 26.5. The van der Waals surface area contributed by atoms with Gasteiger partial charge in [0.1, 0.15) is 24.5 Å². The molecule has 1 aromatic heterocycles. The van der Waals surface area contributed by atoms with E-state index < -0.39 is 0 Å². The molecule has 0 radical (unpaired) electrons. The summed E-state index contributed by atoms with van der Waals surface area (Å²) in [6.07, 6.45) is 4.28. The molecule has 0 bridgehead atoms. The lowest BCUT2D eigenvalue weighted by Gasteiger charge is -2.41. The molecular formula is C29H34N8O2. The highest BCUT2D eigenvalue weighted by Gasteiger charge is 2.35. The summed E-state index contributed by atoms with van der Waals surface area (Å²) in [5, 5.41) is 9.66. The minimum absolute atomic E-state index is 0.149. The number of anilines is 2. The van der Waals surface area contributed by atoms with Crippen LogP contribution in [0.3, 0.4) is 0 Å². The number of nitriles is 1. The predicted molar refractivity (Wildman–Crippen MR) is 148 cm³/mol. The molecule has 1 aromatic carbocycles. The van der Waals surface area contributed by atoms with Gasteiger partial charge in [0, 0.05) is 37.8 Å². The largest absolute Gasteiger partial charge is 0.462 e. The van der Waals surface area contributed by atoms with Gasteiger partial charge in [0.25, 0.3) is 0 Å². The Hall–Kier alpha value is -4.15. The van der Waals surface area contributed by atoms with Gasteiger partial charge in [0.05, 0.1) is 23.5 Å². The fourth-order valence-electron chi connectivity index (χ4n) is 5.84. The maximum atomic E-state index is 12.5. The third-order valence-corrected chi connectivity index (χ3v) is 8.01. The molecule has 3 aliphatic rings. The maximum Gasteiger partial charge on any atom is 0.318 e. The number of hydrogen-bond donors (Lipinski definition) is 0. The lowest BCUT2D eigenvalue weighted by atomic mass is 10.0. The number of nitrogens with zero attached hydrogens (tertiary/aromatic N) is 8. The van der Waals surface area contributed by atoms with E-state index >= 15 is 0 Å². The van der Waals surface area contributed by atoms with E-state index in [0.29, 0.717) is 50.4 Å². The molecule has 0 saturated carbocycles. The van der Waals surface area contributed by atoms with Crippen molar-refractivity contribution in [3.05, 3.63) is 65.2 Å². The van der Waals surface area contributed by atoms with Crippen LogP contribution in [-0.4, -0.2) is 90.7 Å². The SMILES string of the molecule is [C-]#[N+]CC1CN(c2nc(OC[C@@H]3CCCN3C)nc3c2CCN(c2ccccc2C#N)C3)CCN1C(=O)C=C. The molecule has 2 fully saturated rings. The summed E-state index contributed by atoms with van der Waals surface area (Å²) in [7, 11) is 2.12. The molecule has 39 heavy (non-hydrogen) atoms. The van der Waals surface area contributed by atoms with Crippen LogP contribution in [0.4, 0.5) is 11.5 Å².